The lowest BCUT2D eigenvalue weighted by Gasteiger charge is -2.37. The molecule has 18 heavy (non-hydrogen) atoms. The molecule has 102 valence electrons. The number of nitrogens with zero attached hydrogens (tertiary/aromatic N) is 2. The number of likely N-dealkylation sites (N-methyl/N-ethyl adjacent to an activating group) is 1. The van der Waals surface area contributed by atoms with Crippen molar-refractivity contribution >= 4 is 17.8 Å². The van der Waals surface area contributed by atoms with Gasteiger partial charge in [0, 0.05) is 20.5 Å². The van der Waals surface area contributed by atoms with Crippen LogP contribution in [-0.2, 0) is 14.4 Å². The second-order valence-electron chi connectivity index (χ2n) is 4.86. The van der Waals surface area contributed by atoms with Gasteiger partial charge in [-0.2, -0.15) is 0 Å². The molecule has 6 nitrogen and oxygen atoms in total. The molecule has 0 aromatic rings. The molecule has 1 saturated heterocycles. The predicted molar refractivity (Wildman–Crippen MR) is 64.8 cm³/mol. The normalized spacial score (nSPS) is 23.6. The fourth-order valence-electron chi connectivity index (χ4n) is 2.25. The second-order valence-corrected chi connectivity index (χ2v) is 4.86. The predicted octanol–water partition coefficient (Wildman–Crippen LogP) is 0.176. The SMILES string of the molecule is CC(=O)N(C)CC(=O)N1CCCC(C)C1C(=O)O. The van der Waals surface area contributed by atoms with Crippen LogP contribution in [0.4, 0.5) is 0 Å². The molecule has 2 atom stereocenters. The lowest BCUT2D eigenvalue weighted by Crippen LogP contribution is -2.54. The van der Waals surface area contributed by atoms with E-state index in [0.717, 1.165) is 12.8 Å². The van der Waals surface area contributed by atoms with E-state index in [9.17, 15) is 19.5 Å². The van der Waals surface area contributed by atoms with Crippen LogP contribution in [0.5, 0.6) is 0 Å². The first-order chi connectivity index (χ1) is 8.34. The first-order valence-corrected chi connectivity index (χ1v) is 6.08. The zero-order valence-electron chi connectivity index (χ0n) is 11.0. The van der Waals surface area contributed by atoms with Gasteiger partial charge in [0.1, 0.15) is 6.04 Å². The Hall–Kier alpha value is -1.59. The average Bonchev–Trinajstić information content (AvgIpc) is 2.27. The van der Waals surface area contributed by atoms with E-state index in [2.05, 4.69) is 0 Å². The van der Waals surface area contributed by atoms with Gasteiger partial charge in [0.2, 0.25) is 11.8 Å². The van der Waals surface area contributed by atoms with E-state index in [1.807, 2.05) is 6.92 Å². The van der Waals surface area contributed by atoms with Crippen LogP contribution in [0.1, 0.15) is 26.7 Å². The summed E-state index contributed by atoms with van der Waals surface area (Å²) in [6.07, 6.45) is 1.61. The fraction of sp³-hybridized carbons (Fsp3) is 0.750. The molecule has 0 aromatic heterocycles. The van der Waals surface area contributed by atoms with Gasteiger partial charge < -0.3 is 14.9 Å². The maximum absolute atomic E-state index is 12.0. The number of amides is 2. The maximum Gasteiger partial charge on any atom is 0.326 e. The monoisotopic (exact) mass is 256 g/mol. The Kier molecular flexibility index (Phi) is 4.69. The Morgan fingerprint density at radius 2 is 2.00 bits per heavy atom. The first-order valence-electron chi connectivity index (χ1n) is 6.08. The maximum atomic E-state index is 12.0. The highest BCUT2D eigenvalue weighted by Gasteiger charge is 2.37. The highest BCUT2D eigenvalue weighted by atomic mass is 16.4. The number of carboxylic acids is 1. The van der Waals surface area contributed by atoms with Crippen LogP contribution in [-0.4, -0.2) is 58.9 Å². The average molecular weight is 256 g/mol. The molecular weight excluding hydrogens is 236 g/mol. The summed E-state index contributed by atoms with van der Waals surface area (Å²) in [4.78, 5) is 37.0. The number of hydrogen-bond acceptors (Lipinski definition) is 3. The molecular formula is C12H20N2O4. The summed E-state index contributed by atoms with van der Waals surface area (Å²) in [5.74, 6) is -1.53. The third-order valence-electron chi connectivity index (χ3n) is 3.42. The van der Waals surface area contributed by atoms with Crippen LogP contribution in [0.3, 0.4) is 0 Å². The summed E-state index contributed by atoms with van der Waals surface area (Å²) >= 11 is 0. The Balaban J connectivity index is 2.75. The minimum atomic E-state index is -0.971. The molecule has 0 spiro atoms. The van der Waals surface area contributed by atoms with E-state index in [4.69, 9.17) is 0 Å². The molecule has 6 heteroatoms. The van der Waals surface area contributed by atoms with Crippen molar-refractivity contribution in [3.63, 3.8) is 0 Å². The van der Waals surface area contributed by atoms with Crippen molar-refractivity contribution in [1.82, 2.24) is 9.80 Å². The lowest BCUT2D eigenvalue weighted by molar-refractivity contribution is -0.155. The molecule has 1 rings (SSSR count). The Morgan fingerprint density at radius 3 is 2.50 bits per heavy atom. The number of piperidine rings is 1. The van der Waals surface area contributed by atoms with Crippen LogP contribution < -0.4 is 0 Å². The largest absolute Gasteiger partial charge is 0.480 e. The summed E-state index contributed by atoms with van der Waals surface area (Å²) in [5.41, 5.74) is 0. The van der Waals surface area contributed by atoms with Crippen molar-refractivity contribution < 1.29 is 19.5 Å². The standard InChI is InChI=1S/C12H20N2O4/c1-8-5-4-6-14(11(8)12(17)18)10(16)7-13(3)9(2)15/h8,11H,4-7H2,1-3H3,(H,17,18). The Labute approximate surface area is 107 Å². The van der Waals surface area contributed by atoms with E-state index in [0.29, 0.717) is 6.54 Å². The number of carbonyl (C=O) groups excluding carboxylic acids is 2. The molecule has 0 bridgehead atoms. The number of likely N-dealkylation sites (tertiary alicyclic amines) is 1. The van der Waals surface area contributed by atoms with Gasteiger partial charge in [0.15, 0.2) is 0 Å². The van der Waals surface area contributed by atoms with Crippen molar-refractivity contribution in [2.75, 3.05) is 20.1 Å². The van der Waals surface area contributed by atoms with Crippen LogP contribution >= 0.6 is 0 Å². The van der Waals surface area contributed by atoms with E-state index in [-0.39, 0.29) is 24.3 Å². The minimum Gasteiger partial charge on any atom is -0.480 e. The highest BCUT2D eigenvalue weighted by Crippen LogP contribution is 2.23. The van der Waals surface area contributed by atoms with Gasteiger partial charge in [-0.05, 0) is 18.8 Å². The third kappa shape index (κ3) is 3.21. The summed E-state index contributed by atoms with van der Waals surface area (Å²) in [6, 6.07) is -0.772. The van der Waals surface area contributed by atoms with E-state index >= 15 is 0 Å². The first kappa shape index (κ1) is 14.5. The number of carboxylic acid groups (broad SMARTS) is 1. The number of rotatable bonds is 3. The lowest BCUT2D eigenvalue weighted by atomic mass is 9.90. The van der Waals surface area contributed by atoms with Gasteiger partial charge in [-0.25, -0.2) is 4.79 Å². The van der Waals surface area contributed by atoms with Crippen molar-refractivity contribution in [2.45, 2.75) is 32.7 Å². The molecule has 0 aliphatic carbocycles. The van der Waals surface area contributed by atoms with Crippen LogP contribution in [0.15, 0.2) is 0 Å². The third-order valence-corrected chi connectivity index (χ3v) is 3.42. The van der Waals surface area contributed by atoms with Crippen molar-refractivity contribution in [1.29, 1.82) is 0 Å². The topological polar surface area (TPSA) is 77.9 Å². The summed E-state index contributed by atoms with van der Waals surface area (Å²) in [5, 5.41) is 9.20. The van der Waals surface area contributed by atoms with E-state index in [1.54, 1.807) is 0 Å². The van der Waals surface area contributed by atoms with Crippen LogP contribution in [0.2, 0.25) is 0 Å². The quantitative estimate of drug-likeness (QED) is 0.781. The van der Waals surface area contributed by atoms with Crippen LogP contribution in [0, 0.1) is 5.92 Å². The molecule has 2 amide bonds. The summed E-state index contributed by atoms with van der Waals surface area (Å²) in [7, 11) is 1.53. The van der Waals surface area contributed by atoms with Crippen molar-refractivity contribution in [3.05, 3.63) is 0 Å². The molecule has 0 radical (unpaired) electrons. The van der Waals surface area contributed by atoms with Crippen LogP contribution in [0.25, 0.3) is 0 Å². The molecule has 1 N–H and O–H groups in total. The minimum absolute atomic E-state index is 0.0529. The zero-order valence-corrected chi connectivity index (χ0v) is 11.0. The molecule has 1 heterocycles. The smallest absolute Gasteiger partial charge is 0.326 e. The van der Waals surface area contributed by atoms with Crippen molar-refractivity contribution in [3.8, 4) is 0 Å². The van der Waals surface area contributed by atoms with Gasteiger partial charge in [-0.1, -0.05) is 6.92 Å². The number of hydrogen-bond donors (Lipinski definition) is 1. The molecule has 1 aliphatic heterocycles. The Bertz CT molecular complexity index is 356. The van der Waals surface area contributed by atoms with Gasteiger partial charge >= 0.3 is 5.97 Å². The van der Waals surface area contributed by atoms with Gasteiger partial charge in [0.25, 0.3) is 0 Å². The molecule has 0 aromatic carbocycles. The molecule has 2 unspecified atom stereocenters. The van der Waals surface area contributed by atoms with E-state index < -0.39 is 12.0 Å². The Morgan fingerprint density at radius 1 is 1.39 bits per heavy atom. The second kappa shape index (κ2) is 5.84. The van der Waals surface area contributed by atoms with Gasteiger partial charge in [-0.3, -0.25) is 9.59 Å². The summed E-state index contributed by atoms with van der Waals surface area (Å²) in [6.45, 7) is 3.60. The molecule has 0 saturated carbocycles. The molecule has 1 aliphatic rings. The van der Waals surface area contributed by atoms with Gasteiger partial charge in [0.05, 0.1) is 6.54 Å². The van der Waals surface area contributed by atoms with E-state index in [1.165, 1.54) is 23.8 Å². The number of carbonyl (C=O) groups is 3. The van der Waals surface area contributed by atoms with Crippen molar-refractivity contribution in [2.24, 2.45) is 5.92 Å². The highest BCUT2D eigenvalue weighted by molar-refractivity contribution is 5.87. The summed E-state index contributed by atoms with van der Waals surface area (Å²) < 4.78 is 0. The zero-order chi connectivity index (χ0) is 13.9. The number of aliphatic carboxylic acids is 1. The fourth-order valence-corrected chi connectivity index (χ4v) is 2.25. The van der Waals surface area contributed by atoms with Gasteiger partial charge in [-0.15, -0.1) is 0 Å². The molecule has 1 fully saturated rings.